The Bertz CT molecular complexity index is 1560. The first-order valence-electron chi connectivity index (χ1n) is 15.0. The van der Waals surface area contributed by atoms with Crippen molar-refractivity contribution in [2.45, 2.75) is 43.3 Å². The van der Waals surface area contributed by atoms with Crippen molar-refractivity contribution in [2.24, 2.45) is 0 Å². The number of benzene rings is 4. The van der Waals surface area contributed by atoms with Gasteiger partial charge in [0, 0.05) is 0 Å². The van der Waals surface area contributed by atoms with Crippen molar-refractivity contribution in [1.29, 1.82) is 0 Å². The van der Waals surface area contributed by atoms with Crippen LogP contribution in [0.25, 0.3) is 0 Å². The Hall–Kier alpha value is -4.80. The zero-order valence-electron chi connectivity index (χ0n) is 24.4. The average Bonchev–Trinajstić information content (AvgIpc) is 3.83. The van der Waals surface area contributed by atoms with E-state index in [9.17, 15) is 20.4 Å². The van der Waals surface area contributed by atoms with Crippen molar-refractivity contribution in [1.82, 2.24) is 0 Å². The molecule has 0 saturated heterocycles. The maximum absolute atomic E-state index is 10.7. The molecule has 4 atom stereocenters. The molecule has 1 saturated carbocycles. The Labute approximate surface area is 259 Å². The minimum atomic E-state index is -0.900. The predicted octanol–water partition coefficient (Wildman–Crippen LogP) is 5.83. The van der Waals surface area contributed by atoms with Crippen LogP contribution < -0.4 is 28.4 Å². The number of hydrogen-bond acceptors (Lipinski definition) is 10. The van der Waals surface area contributed by atoms with Crippen LogP contribution in [0.4, 0.5) is 0 Å². The van der Waals surface area contributed by atoms with Crippen LogP contribution >= 0.6 is 0 Å². The highest BCUT2D eigenvalue weighted by Crippen LogP contribution is 2.46. The van der Waals surface area contributed by atoms with E-state index in [0.717, 1.165) is 30.4 Å². The largest absolute Gasteiger partial charge is 0.504 e. The molecule has 234 valence electrons. The lowest BCUT2D eigenvalue weighted by Gasteiger charge is -2.17. The molecule has 3 aliphatic rings. The zero-order valence-corrected chi connectivity index (χ0v) is 24.4. The molecule has 2 unspecified atom stereocenters. The molecule has 0 aromatic heterocycles. The van der Waals surface area contributed by atoms with Crippen molar-refractivity contribution in [3.63, 3.8) is 0 Å². The van der Waals surface area contributed by atoms with E-state index in [0.29, 0.717) is 45.6 Å². The lowest BCUT2D eigenvalue weighted by atomic mass is 9.92. The molecule has 45 heavy (non-hydrogen) atoms. The summed E-state index contributed by atoms with van der Waals surface area (Å²) in [5.74, 6) is 3.59. The lowest BCUT2D eigenvalue weighted by Crippen LogP contribution is -2.10. The summed E-state index contributed by atoms with van der Waals surface area (Å²) in [6.45, 7) is 0.263. The maximum Gasteiger partial charge on any atom is 0.231 e. The number of fused-ring (bicyclic) bond motifs is 2. The van der Waals surface area contributed by atoms with Gasteiger partial charge in [-0.3, -0.25) is 0 Å². The fourth-order valence-electron chi connectivity index (χ4n) is 6.18. The third kappa shape index (κ3) is 6.11. The molecule has 0 radical (unpaired) electrons. The number of ether oxygens (including phenoxy) is 6. The van der Waals surface area contributed by atoms with Crippen LogP contribution in [0.5, 0.6) is 46.0 Å². The quantitative estimate of drug-likeness (QED) is 0.173. The summed E-state index contributed by atoms with van der Waals surface area (Å²) in [5, 5.41) is 42.6. The van der Waals surface area contributed by atoms with E-state index in [4.69, 9.17) is 28.4 Å². The summed E-state index contributed by atoms with van der Waals surface area (Å²) in [5.41, 5.74) is 3.30. The van der Waals surface area contributed by atoms with Gasteiger partial charge in [0.05, 0.1) is 0 Å². The van der Waals surface area contributed by atoms with Crippen LogP contribution in [0.2, 0.25) is 0 Å². The van der Waals surface area contributed by atoms with Crippen molar-refractivity contribution >= 4 is 0 Å². The highest BCUT2D eigenvalue weighted by Gasteiger charge is 2.28. The van der Waals surface area contributed by atoms with Gasteiger partial charge in [0.25, 0.3) is 0 Å². The molecule has 7 rings (SSSR count). The molecule has 0 amide bonds. The Morgan fingerprint density at radius 2 is 1.02 bits per heavy atom. The van der Waals surface area contributed by atoms with Crippen LogP contribution in [0, 0.1) is 0 Å². The van der Waals surface area contributed by atoms with E-state index in [1.54, 1.807) is 60.7 Å². The number of hydrogen-bond donors (Lipinski definition) is 4. The van der Waals surface area contributed by atoms with Gasteiger partial charge in [-0.15, -0.1) is 0 Å². The topological polar surface area (TPSA) is 136 Å². The Kier molecular flexibility index (Phi) is 7.91. The summed E-state index contributed by atoms with van der Waals surface area (Å²) >= 11 is 0. The normalized spacial score (nSPS) is 19.3. The Morgan fingerprint density at radius 1 is 0.578 bits per heavy atom. The van der Waals surface area contributed by atoms with Crippen molar-refractivity contribution in [3.05, 3.63) is 95.1 Å². The molecule has 4 aromatic rings. The van der Waals surface area contributed by atoms with Gasteiger partial charge in [-0.05, 0) is 102 Å². The van der Waals surface area contributed by atoms with Gasteiger partial charge in [-0.25, -0.2) is 0 Å². The first-order valence-corrected chi connectivity index (χ1v) is 15.0. The molecule has 10 heteroatoms. The summed E-state index contributed by atoms with van der Waals surface area (Å²) in [6.07, 6.45) is 0.942. The van der Waals surface area contributed by atoms with E-state index >= 15 is 0 Å². The Morgan fingerprint density at radius 3 is 1.47 bits per heavy atom. The van der Waals surface area contributed by atoms with E-state index in [1.165, 1.54) is 0 Å². The van der Waals surface area contributed by atoms with Gasteiger partial charge < -0.3 is 48.8 Å². The van der Waals surface area contributed by atoms with Crippen LogP contribution in [-0.4, -0.2) is 47.2 Å². The number of phenolic OH excluding ortho intramolecular Hbond substituents is 2. The zero-order chi connectivity index (χ0) is 30.9. The number of aliphatic hydroxyl groups is 2. The molecule has 10 nitrogen and oxygen atoms in total. The fraction of sp³-hybridized carbons (Fsp3) is 0.314. The third-order valence-electron chi connectivity index (χ3n) is 8.70. The number of aromatic hydroxyl groups is 2. The summed E-state index contributed by atoms with van der Waals surface area (Å²) in [6, 6.07) is 21.3. The molecular formula is C35H34O10. The Balaban J connectivity index is 0.925. The van der Waals surface area contributed by atoms with Gasteiger partial charge >= 0.3 is 0 Å². The molecule has 2 heterocycles. The number of rotatable bonds is 10. The molecule has 4 aromatic carbocycles. The van der Waals surface area contributed by atoms with Gasteiger partial charge in [0.2, 0.25) is 13.6 Å². The second-order valence-corrected chi connectivity index (χ2v) is 11.5. The van der Waals surface area contributed by atoms with Crippen molar-refractivity contribution in [2.75, 3.05) is 26.8 Å². The SMILES string of the molecule is Oc1cc([C@@H]2CC[C@H](c3ccc(OCC(O)c4ccc5c(c4)OCO5)c(O)c3)C2)ccc1OCC(O)c1ccc2c(c1)OCO2. The monoisotopic (exact) mass is 614 g/mol. The van der Waals surface area contributed by atoms with E-state index in [-0.39, 0.29) is 50.1 Å². The molecular weight excluding hydrogens is 580 g/mol. The fourth-order valence-corrected chi connectivity index (χ4v) is 6.18. The second-order valence-electron chi connectivity index (χ2n) is 11.5. The van der Waals surface area contributed by atoms with E-state index in [1.807, 2.05) is 12.1 Å². The number of aliphatic hydroxyl groups excluding tert-OH is 2. The van der Waals surface area contributed by atoms with Crippen LogP contribution in [0.15, 0.2) is 72.8 Å². The molecule has 0 bridgehead atoms. The van der Waals surface area contributed by atoms with Gasteiger partial charge in [0.1, 0.15) is 25.4 Å². The van der Waals surface area contributed by atoms with Gasteiger partial charge in [-0.1, -0.05) is 24.3 Å². The van der Waals surface area contributed by atoms with E-state index < -0.39 is 12.2 Å². The van der Waals surface area contributed by atoms with Crippen LogP contribution in [0.3, 0.4) is 0 Å². The molecule has 4 N–H and O–H groups in total. The molecule has 1 fully saturated rings. The molecule has 0 spiro atoms. The van der Waals surface area contributed by atoms with Gasteiger partial charge in [0.15, 0.2) is 46.0 Å². The van der Waals surface area contributed by atoms with Crippen LogP contribution in [-0.2, 0) is 0 Å². The first-order chi connectivity index (χ1) is 21.9. The lowest BCUT2D eigenvalue weighted by molar-refractivity contribution is 0.106. The van der Waals surface area contributed by atoms with Crippen LogP contribution in [0.1, 0.15) is 65.6 Å². The minimum Gasteiger partial charge on any atom is -0.504 e. The molecule has 1 aliphatic carbocycles. The van der Waals surface area contributed by atoms with E-state index in [2.05, 4.69) is 0 Å². The average molecular weight is 615 g/mol. The first kappa shape index (κ1) is 28.9. The van der Waals surface area contributed by atoms with Crippen molar-refractivity contribution in [3.8, 4) is 46.0 Å². The summed E-state index contributed by atoms with van der Waals surface area (Å²) < 4.78 is 32.9. The molecule has 2 aliphatic heterocycles. The predicted molar refractivity (Wildman–Crippen MR) is 162 cm³/mol. The summed E-state index contributed by atoms with van der Waals surface area (Å²) in [7, 11) is 0. The highest BCUT2D eigenvalue weighted by molar-refractivity contribution is 5.48. The summed E-state index contributed by atoms with van der Waals surface area (Å²) in [4.78, 5) is 0. The van der Waals surface area contributed by atoms with Gasteiger partial charge in [-0.2, -0.15) is 0 Å². The smallest absolute Gasteiger partial charge is 0.231 e. The third-order valence-corrected chi connectivity index (χ3v) is 8.70. The standard InChI is InChI=1S/C35H34O10/c36-26-12-22(3-7-30(26)40-16-28(38)24-5-9-32-34(14-24)44-18-42-32)20-1-2-21(11-20)23-4-8-31(27(37)13-23)41-17-29(39)25-6-10-33-35(15-25)45-19-43-33/h3-10,12-15,20-21,28-29,36-39H,1-2,11,16-19H2/t20-,21+,28?,29?. The highest BCUT2D eigenvalue weighted by atomic mass is 16.7. The maximum atomic E-state index is 10.7. The van der Waals surface area contributed by atoms with Crippen molar-refractivity contribution < 1.29 is 48.8 Å². The number of phenols is 2. The second kappa shape index (κ2) is 12.3. The minimum absolute atomic E-state index is 0.0240.